The lowest BCUT2D eigenvalue weighted by atomic mass is 10.2. The predicted molar refractivity (Wildman–Crippen MR) is 85.8 cm³/mol. The number of hydrogen-bond acceptors (Lipinski definition) is 4. The molecule has 0 saturated heterocycles. The molecule has 0 unspecified atom stereocenters. The summed E-state index contributed by atoms with van der Waals surface area (Å²) in [6.45, 7) is -0.0203. The molecule has 0 atom stereocenters. The first-order valence-corrected chi connectivity index (χ1v) is 6.98. The molecule has 3 rings (SSSR count). The van der Waals surface area contributed by atoms with Crippen molar-refractivity contribution in [3.63, 3.8) is 0 Å². The first-order valence-electron chi connectivity index (χ1n) is 6.60. The third-order valence-corrected chi connectivity index (χ3v) is 3.18. The van der Waals surface area contributed by atoms with Crippen LogP contribution in [0.4, 0.5) is 5.69 Å². The molecule has 1 heterocycles. The van der Waals surface area contributed by atoms with Crippen LogP contribution in [0.1, 0.15) is 11.1 Å². The third kappa shape index (κ3) is 3.51. The van der Waals surface area contributed by atoms with Gasteiger partial charge in [-0.25, -0.2) is 5.43 Å². The zero-order valence-corrected chi connectivity index (χ0v) is 12.2. The summed E-state index contributed by atoms with van der Waals surface area (Å²) in [4.78, 5) is 15.3. The van der Waals surface area contributed by atoms with E-state index in [1.54, 1.807) is 6.21 Å². The van der Waals surface area contributed by atoms with Crippen LogP contribution in [0.25, 0.3) is 0 Å². The summed E-state index contributed by atoms with van der Waals surface area (Å²) in [5.41, 5.74) is 4.88. The van der Waals surface area contributed by atoms with Crippen LogP contribution in [-0.4, -0.2) is 24.6 Å². The number of amides is 1. The molecule has 5 nitrogen and oxygen atoms in total. The van der Waals surface area contributed by atoms with E-state index in [1.165, 1.54) is 0 Å². The van der Waals surface area contributed by atoms with Crippen LogP contribution >= 0.6 is 11.6 Å². The van der Waals surface area contributed by atoms with Crippen molar-refractivity contribution in [3.8, 4) is 0 Å². The number of nitrogens with zero attached hydrogens (tertiary/aromatic N) is 2. The van der Waals surface area contributed by atoms with E-state index in [2.05, 4.69) is 15.5 Å². The molecule has 22 heavy (non-hydrogen) atoms. The van der Waals surface area contributed by atoms with E-state index in [0.29, 0.717) is 10.9 Å². The molecule has 0 fully saturated rings. The molecule has 0 bridgehead atoms. The first kappa shape index (κ1) is 14.3. The molecule has 6 heteroatoms. The zero-order chi connectivity index (χ0) is 15.4. The van der Waals surface area contributed by atoms with Crippen LogP contribution in [0.2, 0.25) is 5.02 Å². The van der Waals surface area contributed by atoms with Gasteiger partial charge in [0.1, 0.15) is 0 Å². The van der Waals surface area contributed by atoms with Crippen LogP contribution in [0.3, 0.4) is 0 Å². The Hall–Kier alpha value is -2.66. The predicted octanol–water partition coefficient (Wildman–Crippen LogP) is 2.90. The van der Waals surface area contributed by atoms with Gasteiger partial charge in [-0.1, -0.05) is 23.7 Å². The fraction of sp³-hybridized carbons (Fsp3) is 0.0625. The lowest BCUT2D eigenvalue weighted by molar-refractivity contribution is -0.124. The number of carbonyl (C=O) groups is 1. The van der Waals surface area contributed by atoms with E-state index >= 15 is 0 Å². The molecule has 0 aliphatic carbocycles. The Morgan fingerprint density at radius 1 is 1.23 bits per heavy atom. The lowest BCUT2D eigenvalue weighted by Crippen LogP contribution is -2.32. The summed E-state index contributed by atoms with van der Waals surface area (Å²) in [5.74, 6) is 0.136. The summed E-state index contributed by atoms with van der Waals surface area (Å²) in [6, 6.07) is 14.8. The van der Waals surface area contributed by atoms with E-state index in [1.807, 2.05) is 48.5 Å². The second-order valence-electron chi connectivity index (χ2n) is 4.60. The van der Waals surface area contributed by atoms with E-state index in [9.17, 15) is 4.79 Å². The Kier molecular flexibility index (Phi) is 4.16. The summed E-state index contributed by atoms with van der Waals surface area (Å²) >= 11 is 5.93. The number of hydrazone groups is 1. The summed E-state index contributed by atoms with van der Waals surface area (Å²) < 4.78 is 5.24. The van der Waals surface area contributed by atoms with Crippen LogP contribution in [-0.2, 0) is 9.53 Å². The van der Waals surface area contributed by atoms with Crippen molar-refractivity contribution in [3.05, 3.63) is 64.7 Å². The number of rotatable bonds is 3. The van der Waals surface area contributed by atoms with Crippen molar-refractivity contribution in [2.45, 2.75) is 0 Å². The molecular formula is C16H12ClN3O2. The fourth-order valence-electron chi connectivity index (χ4n) is 1.89. The van der Waals surface area contributed by atoms with Gasteiger partial charge < -0.3 is 4.74 Å². The maximum atomic E-state index is 11.0. The Bertz CT molecular complexity index is 754. The highest BCUT2D eigenvalue weighted by molar-refractivity contribution is 6.30. The molecule has 1 N–H and O–H groups in total. The second kappa shape index (κ2) is 6.41. The van der Waals surface area contributed by atoms with Crippen molar-refractivity contribution in [2.75, 3.05) is 6.61 Å². The number of halogens is 1. The van der Waals surface area contributed by atoms with E-state index in [-0.39, 0.29) is 12.5 Å². The van der Waals surface area contributed by atoms with Crippen LogP contribution in [0, 0.1) is 0 Å². The molecule has 0 spiro atoms. The molecule has 110 valence electrons. The largest absolute Gasteiger partial charge is 0.466 e. The quantitative estimate of drug-likeness (QED) is 0.886. The van der Waals surface area contributed by atoms with Crippen LogP contribution in [0.15, 0.2) is 58.6 Å². The molecule has 0 saturated carbocycles. The molecule has 1 aliphatic rings. The monoisotopic (exact) mass is 313 g/mol. The van der Waals surface area contributed by atoms with Crippen molar-refractivity contribution in [1.82, 2.24) is 5.43 Å². The number of aliphatic imine (C=N–C) groups is 1. The van der Waals surface area contributed by atoms with Gasteiger partial charge in [0.15, 0.2) is 6.61 Å². The standard InChI is InChI=1S/C16H12ClN3O2/c17-13-3-1-2-11(8-13)9-18-14-6-4-12(5-7-14)16-20-19-15(21)10-22-16/h1-9H,10H2,(H,19,21). The minimum Gasteiger partial charge on any atom is -0.466 e. The Balaban J connectivity index is 1.73. The third-order valence-electron chi connectivity index (χ3n) is 2.95. The van der Waals surface area contributed by atoms with E-state index in [0.717, 1.165) is 16.8 Å². The number of ether oxygens (including phenoxy) is 1. The van der Waals surface area contributed by atoms with Gasteiger partial charge in [-0.05, 0) is 42.0 Å². The minimum absolute atomic E-state index is 0.0203. The molecule has 1 aliphatic heterocycles. The SMILES string of the molecule is O=C1COC(c2ccc(N=Cc3cccc(Cl)c3)cc2)=NN1. The lowest BCUT2D eigenvalue weighted by Gasteiger charge is -2.13. The van der Waals surface area contributed by atoms with Gasteiger partial charge >= 0.3 is 0 Å². The first-order chi connectivity index (χ1) is 10.7. The van der Waals surface area contributed by atoms with Crippen LogP contribution < -0.4 is 5.43 Å². The van der Waals surface area contributed by atoms with E-state index in [4.69, 9.17) is 16.3 Å². The highest BCUT2D eigenvalue weighted by Crippen LogP contribution is 2.15. The molecular weight excluding hydrogens is 302 g/mol. The highest BCUT2D eigenvalue weighted by atomic mass is 35.5. The zero-order valence-electron chi connectivity index (χ0n) is 11.5. The highest BCUT2D eigenvalue weighted by Gasteiger charge is 2.13. The average molecular weight is 314 g/mol. The van der Waals surface area contributed by atoms with Gasteiger partial charge in [0, 0.05) is 16.8 Å². The topological polar surface area (TPSA) is 63.0 Å². The number of benzene rings is 2. The normalized spacial score (nSPS) is 14.4. The van der Waals surface area contributed by atoms with Crippen molar-refractivity contribution >= 4 is 35.3 Å². The van der Waals surface area contributed by atoms with Gasteiger partial charge in [-0.3, -0.25) is 9.79 Å². The Labute approximate surface area is 132 Å². The molecule has 0 radical (unpaired) electrons. The smallest absolute Gasteiger partial charge is 0.278 e. The molecule has 2 aromatic rings. The molecule has 1 amide bonds. The number of carbonyl (C=O) groups excluding carboxylic acids is 1. The van der Waals surface area contributed by atoms with Gasteiger partial charge in [-0.15, -0.1) is 5.10 Å². The van der Waals surface area contributed by atoms with Crippen molar-refractivity contribution in [2.24, 2.45) is 10.1 Å². The van der Waals surface area contributed by atoms with Crippen molar-refractivity contribution < 1.29 is 9.53 Å². The summed E-state index contributed by atoms with van der Waals surface area (Å²) in [6.07, 6.45) is 1.75. The second-order valence-corrected chi connectivity index (χ2v) is 5.04. The maximum absolute atomic E-state index is 11.0. The van der Waals surface area contributed by atoms with Gasteiger partial charge in [0.05, 0.1) is 5.69 Å². The maximum Gasteiger partial charge on any atom is 0.278 e. The average Bonchev–Trinajstić information content (AvgIpc) is 2.54. The van der Waals surface area contributed by atoms with Gasteiger partial charge in [0.2, 0.25) is 5.90 Å². The van der Waals surface area contributed by atoms with Gasteiger partial charge in [-0.2, -0.15) is 0 Å². The van der Waals surface area contributed by atoms with Crippen molar-refractivity contribution in [1.29, 1.82) is 0 Å². The Morgan fingerprint density at radius 2 is 2.05 bits per heavy atom. The van der Waals surface area contributed by atoms with E-state index < -0.39 is 0 Å². The summed E-state index contributed by atoms with van der Waals surface area (Å²) in [5, 5.41) is 4.53. The fourth-order valence-corrected chi connectivity index (χ4v) is 2.08. The van der Waals surface area contributed by atoms with Crippen LogP contribution in [0.5, 0.6) is 0 Å². The molecule has 0 aromatic heterocycles. The Morgan fingerprint density at radius 3 is 2.73 bits per heavy atom. The molecule has 2 aromatic carbocycles. The summed E-state index contributed by atoms with van der Waals surface area (Å²) in [7, 11) is 0. The van der Waals surface area contributed by atoms with Gasteiger partial charge in [0.25, 0.3) is 5.91 Å². The number of hydrogen-bond donors (Lipinski definition) is 1. The minimum atomic E-state index is -0.258. The number of nitrogens with one attached hydrogen (secondary N) is 1.